The van der Waals surface area contributed by atoms with Gasteiger partial charge in [-0.05, 0) is 113 Å². The highest BCUT2D eigenvalue weighted by Gasteiger charge is 2.60. The Hall–Kier alpha value is -4.36. The van der Waals surface area contributed by atoms with Crippen molar-refractivity contribution in [1.29, 1.82) is 0 Å². The van der Waals surface area contributed by atoms with Crippen LogP contribution in [0.5, 0.6) is 0 Å². The fraction of sp³-hybridized carbons (Fsp3) is 0.772. The molecule has 0 bridgehead atoms. The highest BCUT2D eigenvalue weighted by Crippen LogP contribution is 2.45. The van der Waals surface area contributed by atoms with Crippen molar-refractivity contribution in [2.24, 2.45) is 23.7 Å². The number of hydrogen-bond donors (Lipinski definition) is 4. The molecule has 2 aromatic rings. The molecule has 1 saturated carbocycles. The lowest BCUT2D eigenvalue weighted by Gasteiger charge is -2.50. The number of esters is 1. The maximum Gasteiger partial charge on any atom is 0.509 e. The van der Waals surface area contributed by atoms with E-state index in [0.29, 0.717) is 44.6 Å². The number of benzene rings is 1. The summed E-state index contributed by atoms with van der Waals surface area (Å²) in [4.78, 5) is 68.9. The van der Waals surface area contributed by atoms with Crippen LogP contribution in [0.15, 0.2) is 23.1 Å². The van der Waals surface area contributed by atoms with E-state index in [-0.39, 0.29) is 59.9 Å². The summed E-state index contributed by atoms with van der Waals surface area (Å²) < 4.78 is 81.0. The minimum absolute atomic E-state index is 0.0288. The van der Waals surface area contributed by atoms with Crippen LogP contribution in [0.2, 0.25) is 0 Å². The Kier molecular flexibility index (Phi) is 20.0. The average Bonchev–Trinajstić information content (AvgIpc) is 4.29. The molecule has 7 rings (SSSR count). The van der Waals surface area contributed by atoms with Crippen molar-refractivity contribution < 1.29 is 81.2 Å². The first-order chi connectivity index (χ1) is 37.2. The monoisotopic (exact) mass is 1120 g/mol. The number of aromatic carboxylic acids is 1. The number of cyclic esters (lactones) is 1. The number of aliphatic hydroxyl groups excluding tert-OH is 1. The number of nitrogens with zero attached hydrogens (tertiary/aromatic N) is 2. The summed E-state index contributed by atoms with van der Waals surface area (Å²) in [6, 6.07) is 2.41. The Morgan fingerprint density at radius 1 is 0.899 bits per heavy atom. The van der Waals surface area contributed by atoms with Crippen molar-refractivity contribution in [3.8, 4) is 0 Å². The van der Waals surface area contributed by atoms with E-state index < -0.39 is 125 Å². The van der Waals surface area contributed by atoms with Crippen molar-refractivity contribution in [2.75, 3.05) is 59.9 Å². The Morgan fingerprint density at radius 3 is 2.22 bits per heavy atom. The predicted molar refractivity (Wildman–Crippen MR) is 287 cm³/mol. The van der Waals surface area contributed by atoms with Gasteiger partial charge in [-0.2, -0.15) is 0 Å². The number of methoxy groups -OCH3 is 2. The van der Waals surface area contributed by atoms with Gasteiger partial charge in [0.2, 0.25) is 5.43 Å². The standard InChI is InChI=1S/C57H87FN4O17/c1-15-42-57(10)49(78-54(69)79-57)31(4)44(63)29(2)26-55(8,70-13)48(77-53-46(65)41(61(11)12)23-30(3)73-53)32(5)47(33(6)52(68)75-42)76-43-27-56(9,71-14)50(34(7)74-43)72-22-16-19-59-20-21-60-39-25-40-36(24-38(39)58)45(64)37(51(66)67)28-62(40)35-17-18-35/h24-25,28-35,41-43,46-50,53,59-60,65H,15-23,26-27H2,1-14H3,(H,66,67)/t29-,30-,31?,32+,33+,34-,41+,42-,43+,46+,47+,48-,49+,50+,53+,55+,56-,57-/m0/s1. The molecule has 5 aliphatic rings. The van der Waals surface area contributed by atoms with E-state index in [1.165, 1.54) is 13.3 Å². The Bertz CT molecular complexity index is 2550. The van der Waals surface area contributed by atoms with Crippen LogP contribution in [-0.2, 0) is 57.0 Å². The molecule has 4 N–H and O–H groups in total. The van der Waals surface area contributed by atoms with Crippen LogP contribution in [0, 0.1) is 29.5 Å². The Labute approximate surface area is 463 Å². The summed E-state index contributed by atoms with van der Waals surface area (Å²) in [7, 11) is 6.88. The summed E-state index contributed by atoms with van der Waals surface area (Å²) in [6.45, 7) is 19.7. The number of rotatable bonds is 19. The number of anilines is 1. The lowest BCUT2D eigenvalue weighted by Crippen LogP contribution is -2.61. The largest absolute Gasteiger partial charge is 0.509 e. The molecular formula is C57H87FN4O17. The normalized spacial score (nSPS) is 37.7. The van der Waals surface area contributed by atoms with Crippen LogP contribution in [0.1, 0.15) is 131 Å². The lowest BCUT2D eigenvalue weighted by atomic mass is 9.74. The van der Waals surface area contributed by atoms with Crippen molar-refractivity contribution in [1.82, 2.24) is 14.8 Å². The number of carboxylic acids is 1. The second kappa shape index (κ2) is 25.4. The average molecular weight is 1120 g/mol. The van der Waals surface area contributed by atoms with Gasteiger partial charge < -0.3 is 77.7 Å². The lowest BCUT2D eigenvalue weighted by molar-refractivity contribution is -0.322. The molecule has 0 radical (unpaired) electrons. The molecule has 4 saturated heterocycles. The van der Waals surface area contributed by atoms with Crippen molar-refractivity contribution >= 4 is 40.5 Å². The molecule has 1 unspecified atom stereocenters. The van der Waals surface area contributed by atoms with Crippen LogP contribution in [0.4, 0.5) is 14.9 Å². The number of ketones is 1. The zero-order chi connectivity index (χ0) is 58.1. The van der Waals surface area contributed by atoms with E-state index in [4.69, 9.17) is 47.4 Å². The third kappa shape index (κ3) is 13.3. The number of hydrogen-bond acceptors (Lipinski definition) is 19. The SMILES string of the molecule is CC[C@@H]1OC(=O)[C@H](C)[C@H](O[C@@H]2C[C@](C)(OC)[C@H](OCCCNCCNc3cc4c(cc3F)c(=O)c(C(=O)O)cn4C3CC3)[C@H](C)O2)[C@@H](C)[C@H](O[C@H]2O[C@@H](C)C[C@@H](N(C)C)[C@H]2O)[C@](C)(OC)C[C@H](C)C(=O)C(C)[C@H]2OC(=O)O[C@@]12C. The number of likely N-dealkylation sites (N-methyl/N-ethyl adjacent to an activating group) is 1. The number of ether oxygens (including phenoxy) is 10. The first kappa shape index (κ1) is 62.2. The summed E-state index contributed by atoms with van der Waals surface area (Å²) in [5, 5.41) is 27.9. The van der Waals surface area contributed by atoms with Gasteiger partial charge in [-0.3, -0.25) is 14.4 Å². The number of halogens is 1. The smallest absolute Gasteiger partial charge is 0.477 e. The minimum atomic E-state index is -1.51. The third-order valence-corrected chi connectivity index (χ3v) is 17.4. The van der Waals surface area contributed by atoms with Gasteiger partial charge in [0.25, 0.3) is 0 Å². The van der Waals surface area contributed by atoms with E-state index >= 15 is 4.39 Å². The summed E-state index contributed by atoms with van der Waals surface area (Å²) >= 11 is 0. The van der Waals surface area contributed by atoms with E-state index in [1.54, 1.807) is 52.4 Å². The van der Waals surface area contributed by atoms with Crippen molar-refractivity contribution in [3.05, 3.63) is 39.9 Å². The molecule has 22 heteroatoms. The number of carboxylic acid groups (broad SMARTS) is 1. The number of carbonyl (C=O) groups is 4. The number of nitrogens with one attached hydrogen (secondary N) is 2. The second-order valence-corrected chi connectivity index (χ2v) is 23.6. The molecule has 5 heterocycles. The fourth-order valence-electron chi connectivity index (χ4n) is 12.6. The minimum Gasteiger partial charge on any atom is -0.477 e. The molecule has 4 aliphatic heterocycles. The first-order valence-electron chi connectivity index (χ1n) is 28.1. The maximum atomic E-state index is 15.3. The van der Waals surface area contributed by atoms with Gasteiger partial charge in [-0.25, -0.2) is 14.0 Å². The van der Waals surface area contributed by atoms with Crippen LogP contribution >= 0.6 is 0 Å². The third-order valence-electron chi connectivity index (χ3n) is 17.4. The second-order valence-electron chi connectivity index (χ2n) is 23.6. The zero-order valence-electron chi connectivity index (χ0n) is 48.5. The number of Topliss-reactive ketones (excluding diaryl/α,β-unsaturated/α-hetero) is 1. The molecule has 21 nitrogen and oxygen atoms in total. The fourth-order valence-corrected chi connectivity index (χ4v) is 12.6. The summed E-state index contributed by atoms with van der Waals surface area (Å²) in [5.74, 6) is -6.25. The van der Waals surface area contributed by atoms with Gasteiger partial charge >= 0.3 is 18.1 Å². The van der Waals surface area contributed by atoms with Crippen LogP contribution in [0.25, 0.3) is 10.9 Å². The molecule has 1 aromatic heterocycles. The van der Waals surface area contributed by atoms with Crippen LogP contribution in [0.3, 0.4) is 0 Å². The van der Waals surface area contributed by atoms with Crippen molar-refractivity contribution in [3.63, 3.8) is 0 Å². The Balaban J connectivity index is 1.06. The zero-order valence-corrected chi connectivity index (χ0v) is 48.5. The van der Waals surface area contributed by atoms with E-state index in [9.17, 15) is 34.2 Å². The summed E-state index contributed by atoms with van der Waals surface area (Å²) in [5.41, 5.74) is -4.17. The molecule has 444 valence electrons. The Morgan fingerprint density at radius 2 is 1.58 bits per heavy atom. The number of carbonyl (C=O) groups excluding carboxylic acids is 3. The van der Waals surface area contributed by atoms with Gasteiger partial charge in [0, 0.05) is 75.8 Å². The number of pyridine rings is 1. The maximum absolute atomic E-state index is 15.3. The van der Waals surface area contributed by atoms with E-state index in [1.807, 2.05) is 53.6 Å². The van der Waals surface area contributed by atoms with Gasteiger partial charge in [0.1, 0.15) is 35.5 Å². The quantitative estimate of drug-likeness (QED) is 0.0899. The molecule has 18 atom stereocenters. The van der Waals surface area contributed by atoms with Crippen LogP contribution < -0.4 is 16.1 Å². The molecule has 1 aliphatic carbocycles. The number of fused-ring (bicyclic) bond motifs is 2. The predicted octanol–water partition coefficient (Wildman–Crippen LogP) is 6.23. The van der Waals surface area contributed by atoms with Gasteiger partial charge in [0.05, 0.1) is 58.7 Å². The van der Waals surface area contributed by atoms with Crippen LogP contribution in [-0.4, -0.2) is 182 Å². The van der Waals surface area contributed by atoms with Gasteiger partial charge in [0.15, 0.2) is 24.3 Å². The van der Waals surface area contributed by atoms with E-state index in [0.717, 1.165) is 18.9 Å². The molecule has 5 fully saturated rings. The number of aliphatic hydroxyl groups is 1. The molecule has 0 spiro atoms. The van der Waals surface area contributed by atoms with Gasteiger partial charge in [-0.15, -0.1) is 0 Å². The van der Waals surface area contributed by atoms with E-state index in [2.05, 4.69) is 10.6 Å². The van der Waals surface area contributed by atoms with Gasteiger partial charge in [-0.1, -0.05) is 27.7 Å². The summed E-state index contributed by atoms with van der Waals surface area (Å²) in [6.07, 6.45) is -5.08. The topological polar surface area (TPSA) is 250 Å². The molecule has 0 amide bonds. The first-order valence-corrected chi connectivity index (χ1v) is 28.1. The molecule has 79 heavy (non-hydrogen) atoms. The molecule has 1 aromatic carbocycles. The highest BCUT2D eigenvalue weighted by atomic mass is 19.1. The highest BCUT2D eigenvalue weighted by molar-refractivity contribution is 5.93. The number of aromatic nitrogens is 1. The van der Waals surface area contributed by atoms with Crippen molar-refractivity contribution in [2.45, 2.75) is 204 Å². The molecular weight excluding hydrogens is 1030 g/mol.